The Morgan fingerprint density at radius 2 is 2.17 bits per heavy atom. The first-order chi connectivity index (χ1) is 11.6. The van der Waals surface area contributed by atoms with Gasteiger partial charge in [0.25, 0.3) is 0 Å². The maximum absolute atomic E-state index is 6.03. The molecule has 3 rings (SSSR count). The smallest absolute Gasteiger partial charge is 0.119 e. The summed E-state index contributed by atoms with van der Waals surface area (Å²) in [5.74, 6) is 1.60. The molecule has 4 nitrogen and oxygen atoms in total. The Kier molecular flexibility index (Phi) is 5.56. The number of aromatic nitrogens is 2. The molecular formula is C20H29N3O. The van der Waals surface area contributed by atoms with Crippen molar-refractivity contribution < 1.29 is 4.74 Å². The maximum Gasteiger partial charge on any atom is 0.119 e. The topological polar surface area (TPSA) is 30.3 Å². The third-order valence-corrected chi connectivity index (χ3v) is 4.84. The van der Waals surface area contributed by atoms with Crippen LogP contribution in [0.3, 0.4) is 0 Å². The van der Waals surface area contributed by atoms with Gasteiger partial charge in [0, 0.05) is 37.3 Å². The molecule has 0 spiro atoms. The highest BCUT2D eigenvalue weighted by atomic mass is 16.5. The zero-order chi connectivity index (χ0) is 16.9. The summed E-state index contributed by atoms with van der Waals surface area (Å²) in [4.78, 5) is 2.55. The first-order valence-corrected chi connectivity index (χ1v) is 9.08. The predicted molar refractivity (Wildman–Crippen MR) is 97.3 cm³/mol. The second-order valence-corrected chi connectivity index (χ2v) is 6.97. The molecule has 1 aliphatic rings. The number of rotatable bonds is 6. The van der Waals surface area contributed by atoms with Gasteiger partial charge in [-0.05, 0) is 57.9 Å². The van der Waals surface area contributed by atoms with Gasteiger partial charge < -0.3 is 4.74 Å². The lowest BCUT2D eigenvalue weighted by Crippen LogP contribution is -2.37. The van der Waals surface area contributed by atoms with Crippen molar-refractivity contribution in [2.45, 2.75) is 46.7 Å². The van der Waals surface area contributed by atoms with E-state index in [4.69, 9.17) is 4.74 Å². The van der Waals surface area contributed by atoms with Gasteiger partial charge in [0.2, 0.25) is 0 Å². The Bertz CT molecular complexity index is 665. The van der Waals surface area contributed by atoms with Gasteiger partial charge in [0.1, 0.15) is 5.75 Å². The van der Waals surface area contributed by atoms with Crippen molar-refractivity contribution in [1.29, 1.82) is 0 Å². The fraction of sp³-hybridized carbons (Fsp3) is 0.550. The third kappa shape index (κ3) is 4.38. The summed E-state index contributed by atoms with van der Waals surface area (Å²) in [5, 5.41) is 4.56. The molecular weight excluding hydrogens is 298 g/mol. The van der Waals surface area contributed by atoms with E-state index in [1.807, 2.05) is 4.68 Å². The van der Waals surface area contributed by atoms with Gasteiger partial charge in [0.15, 0.2) is 0 Å². The Hall–Kier alpha value is -1.81. The van der Waals surface area contributed by atoms with Crippen molar-refractivity contribution in [3.63, 3.8) is 0 Å². The zero-order valence-corrected chi connectivity index (χ0v) is 15.2. The number of ether oxygens (including phenoxy) is 1. The van der Waals surface area contributed by atoms with E-state index in [0.29, 0.717) is 5.92 Å². The van der Waals surface area contributed by atoms with E-state index >= 15 is 0 Å². The minimum Gasteiger partial charge on any atom is -0.493 e. The van der Waals surface area contributed by atoms with Crippen LogP contribution in [0.4, 0.5) is 0 Å². The minimum atomic E-state index is 0.612. The normalized spacial score (nSPS) is 18.7. The number of nitrogens with zero attached hydrogens (tertiary/aromatic N) is 3. The number of likely N-dealkylation sites (tertiary alicyclic amines) is 1. The third-order valence-electron chi connectivity index (χ3n) is 4.84. The van der Waals surface area contributed by atoms with E-state index in [-0.39, 0.29) is 0 Å². The quantitative estimate of drug-likeness (QED) is 0.808. The standard InChI is InChI=1S/C20H29N3O/c1-4-23-14-19(17(3)21-23)13-22-10-6-8-18(12-22)15-24-20-9-5-7-16(2)11-20/h5,7,9,11,14,18H,4,6,8,10,12-13,15H2,1-3H3/t18-/m0/s1. The average Bonchev–Trinajstić information content (AvgIpc) is 2.93. The van der Waals surface area contributed by atoms with E-state index in [9.17, 15) is 0 Å². The fourth-order valence-corrected chi connectivity index (χ4v) is 3.47. The minimum absolute atomic E-state index is 0.612. The van der Waals surface area contributed by atoms with Gasteiger partial charge in [-0.3, -0.25) is 9.58 Å². The maximum atomic E-state index is 6.03. The van der Waals surface area contributed by atoms with E-state index in [0.717, 1.165) is 37.7 Å². The number of hydrogen-bond acceptors (Lipinski definition) is 3. The first-order valence-electron chi connectivity index (χ1n) is 9.08. The van der Waals surface area contributed by atoms with Crippen molar-refractivity contribution in [3.05, 3.63) is 47.3 Å². The molecule has 4 heteroatoms. The summed E-state index contributed by atoms with van der Waals surface area (Å²) in [7, 11) is 0. The molecule has 130 valence electrons. The van der Waals surface area contributed by atoms with Crippen LogP contribution < -0.4 is 4.74 Å². The monoisotopic (exact) mass is 327 g/mol. The Balaban J connectivity index is 1.53. The highest BCUT2D eigenvalue weighted by molar-refractivity contribution is 5.27. The highest BCUT2D eigenvalue weighted by Gasteiger charge is 2.21. The van der Waals surface area contributed by atoms with Gasteiger partial charge in [-0.2, -0.15) is 5.10 Å². The summed E-state index contributed by atoms with van der Waals surface area (Å²) in [5.41, 5.74) is 3.77. The molecule has 1 aliphatic heterocycles. The molecule has 24 heavy (non-hydrogen) atoms. The summed E-state index contributed by atoms with van der Waals surface area (Å²) < 4.78 is 8.06. The van der Waals surface area contributed by atoms with Gasteiger partial charge in [0.05, 0.1) is 12.3 Å². The van der Waals surface area contributed by atoms with Crippen LogP contribution in [-0.4, -0.2) is 34.4 Å². The Labute approximate surface area is 145 Å². The Morgan fingerprint density at radius 3 is 2.92 bits per heavy atom. The lowest BCUT2D eigenvalue weighted by atomic mass is 9.98. The molecule has 1 fully saturated rings. The van der Waals surface area contributed by atoms with Crippen LogP contribution in [0.25, 0.3) is 0 Å². The van der Waals surface area contributed by atoms with Crippen molar-refractivity contribution in [3.8, 4) is 5.75 Å². The molecule has 0 saturated carbocycles. The van der Waals surface area contributed by atoms with Crippen molar-refractivity contribution in [1.82, 2.24) is 14.7 Å². The van der Waals surface area contributed by atoms with Gasteiger partial charge in [-0.15, -0.1) is 0 Å². The summed E-state index contributed by atoms with van der Waals surface area (Å²) in [6, 6.07) is 8.33. The second kappa shape index (κ2) is 7.84. The van der Waals surface area contributed by atoms with Crippen molar-refractivity contribution in [2.75, 3.05) is 19.7 Å². The van der Waals surface area contributed by atoms with E-state index < -0.39 is 0 Å². The molecule has 0 aliphatic carbocycles. The Morgan fingerprint density at radius 1 is 1.29 bits per heavy atom. The van der Waals surface area contributed by atoms with Crippen LogP contribution in [0.2, 0.25) is 0 Å². The molecule has 2 aromatic rings. The SMILES string of the molecule is CCn1cc(CN2CCC[C@H](COc3cccc(C)c3)C2)c(C)n1. The largest absolute Gasteiger partial charge is 0.493 e. The second-order valence-electron chi connectivity index (χ2n) is 6.97. The summed E-state index contributed by atoms with van der Waals surface area (Å²) in [6.45, 7) is 11.4. The van der Waals surface area contributed by atoms with E-state index in [1.54, 1.807) is 0 Å². The van der Waals surface area contributed by atoms with Gasteiger partial charge >= 0.3 is 0 Å². The van der Waals surface area contributed by atoms with E-state index in [1.165, 1.54) is 30.5 Å². The first kappa shape index (κ1) is 17.0. The zero-order valence-electron chi connectivity index (χ0n) is 15.2. The predicted octanol–water partition coefficient (Wildman–Crippen LogP) is 3.81. The number of aryl methyl sites for hydroxylation is 3. The lowest BCUT2D eigenvalue weighted by Gasteiger charge is -2.32. The molecule has 1 aromatic heterocycles. The highest BCUT2D eigenvalue weighted by Crippen LogP contribution is 2.21. The summed E-state index contributed by atoms with van der Waals surface area (Å²) >= 11 is 0. The van der Waals surface area contributed by atoms with Crippen LogP contribution in [0.1, 0.15) is 36.6 Å². The molecule has 0 unspecified atom stereocenters. The fourth-order valence-electron chi connectivity index (χ4n) is 3.47. The molecule has 2 heterocycles. The number of hydrogen-bond donors (Lipinski definition) is 0. The molecule has 1 saturated heterocycles. The van der Waals surface area contributed by atoms with Crippen molar-refractivity contribution >= 4 is 0 Å². The number of piperidine rings is 1. The number of benzene rings is 1. The lowest BCUT2D eigenvalue weighted by molar-refractivity contribution is 0.125. The average molecular weight is 327 g/mol. The molecule has 0 bridgehead atoms. The molecule has 1 aromatic carbocycles. The molecule has 0 N–H and O–H groups in total. The molecule has 0 radical (unpaired) electrons. The molecule has 1 atom stereocenters. The van der Waals surface area contributed by atoms with Gasteiger partial charge in [-0.25, -0.2) is 0 Å². The van der Waals surface area contributed by atoms with Crippen LogP contribution in [0.5, 0.6) is 5.75 Å². The van der Waals surface area contributed by atoms with Crippen LogP contribution in [0.15, 0.2) is 30.5 Å². The van der Waals surface area contributed by atoms with Crippen LogP contribution in [0, 0.1) is 19.8 Å². The summed E-state index contributed by atoms with van der Waals surface area (Å²) in [6.07, 6.45) is 4.71. The van der Waals surface area contributed by atoms with Gasteiger partial charge in [-0.1, -0.05) is 12.1 Å². The van der Waals surface area contributed by atoms with Crippen LogP contribution in [-0.2, 0) is 13.1 Å². The van der Waals surface area contributed by atoms with Crippen LogP contribution >= 0.6 is 0 Å². The molecule has 0 amide bonds. The van der Waals surface area contributed by atoms with Crippen molar-refractivity contribution in [2.24, 2.45) is 5.92 Å². The van der Waals surface area contributed by atoms with E-state index in [2.05, 4.69) is 61.2 Å².